The average molecular weight is 251 g/mol. The molecular formula is C11H11ClN4O. The first-order chi connectivity index (χ1) is 8.16. The summed E-state index contributed by atoms with van der Waals surface area (Å²) in [7, 11) is 0. The van der Waals surface area contributed by atoms with Crippen molar-refractivity contribution in [2.45, 2.75) is 6.54 Å². The Hall–Kier alpha value is -2.01. The third-order valence-corrected chi connectivity index (χ3v) is 2.58. The number of nitrogens with two attached hydrogens (primary N) is 1. The Kier molecular flexibility index (Phi) is 3.30. The molecule has 1 aromatic heterocycles. The van der Waals surface area contributed by atoms with Crippen molar-refractivity contribution in [2.75, 3.05) is 5.32 Å². The summed E-state index contributed by atoms with van der Waals surface area (Å²) in [5.74, 6) is 0.261. The number of halogens is 1. The van der Waals surface area contributed by atoms with E-state index in [0.29, 0.717) is 17.1 Å². The van der Waals surface area contributed by atoms with Gasteiger partial charge in [0.15, 0.2) is 0 Å². The van der Waals surface area contributed by atoms with Crippen molar-refractivity contribution in [3.63, 3.8) is 0 Å². The Morgan fingerprint density at radius 1 is 1.53 bits per heavy atom. The lowest BCUT2D eigenvalue weighted by molar-refractivity contribution is 0.100. The fourth-order valence-electron chi connectivity index (χ4n) is 1.40. The van der Waals surface area contributed by atoms with Gasteiger partial charge in [-0.2, -0.15) is 0 Å². The molecule has 0 unspecified atom stereocenters. The van der Waals surface area contributed by atoms with Gasteiger partial charge >= 0.3 is 0 Å². The summed E-state index contributed by atoms with van der Waals surface area (Å²) in [5.41, 5.74) is 6.27. The largest absolute Gasteiger partial charge is 0.378 e. The number of nitrogens with zero attached hydrogens (tertiary/aromatic N) is 1. The summed E-state index contributed by atoms with van der Waals surface area (Å²) >= 11 is 5.84. The zero-order chi connectivity index (χ0) is 12.3. The van der Waals surface area contributed by atoms with Crippen LogP contribution in [-0.4, -0.2) is 15.9 Å². The highest BCUT2D eigenvalue weighted by molar-refractivity contribution is 6.33. The number of amides is 1. The van der Waals surface area contributed by atoms with Crippen LogP contribution in [0.1, 0.15) is 16.2 Å². The highest BCUT2D eigenvalue weighted by Crippen LogP contribution is 2.20. The van der Waals surface area contributed by atoms with E-state index < -0.39 is 5.91 Å². The number of hydrogen-bond acceptors (Lipinski definition) is 3. The van der Waals surface area contributed by atoms with Crippen LogP contribution < -0.4 is 11.1 Å². The molecular weight excluding hydrogens is 240 g/mol. The lowest BCUT2D eigenvalue weighted by atomic mass is 10.2. The number of primary amides is 1. The molecule has 4 N–H and O–H groups in total. The topological polar surface area (TPSA) is 83.8 Å². The van der Waals surface area contributed by atoms with E-state index in [1.165, 1.54) is 0 Å². The number of H-pyrrole nitrogens is 1. The maximum Gasteiger partial charge on any atom is 0.250 e. The number of benzene rings is 1. The van der Waals surface area contributed by atoms with E-state index in [2.05, 4.69) is 15.3 Å². The van der Waals surface area contributed by atoms with Gasteiger partial charge in [0.05, 0.1) is 17.1 Å². The van der Waals surface area contributed by atoms with Gasteiger partial charge in [-0.25, -0.2) is 4.98 Å². The minimum atomic E-state index is -0.545. The Morgan fingerprint density at radius 2 is 2.35 bits per heavy atom. The number of nitrogens with one attached hydrogen (secondary N) is 2. The molecule has 0 aliphatic rings. The van der Waals surface area contributed by atoms with Gasteiger partial charge in [-0.15, -0.1) is 0 Å². The third kappa shape index (κ3) is 2.76. The predicted octanol–water partition coefficient (Wildman–Crippen LogP) is 1.77. The molecule has 0 atom stereocenters. The van der Waals surface area contributed by atoms with E-state index >= 15 is 0 Å². The molecule has 5 nitrogen and oxygen atoms in total. The quantitative estimate of drug-likeness (QED) is 0.773. The standard InChI is InChI=1S/C11H11ClN4O/c12-9-2-1-7(5-8(9)11(13)17)16-6-10-14-3-4-15-10/h1-5,16H,6H2,(H2,13,17)(H,14,15). The summed E-state index contributed by atoms with van der Waals surface area (Å²) in [6.45, 7) is 0.535. The second-order valence-electron chi connectivity index (χ2n) is 3.45. The van der Waals surface area contributed by atoms with Crippen LogP contribution in [0.25, 0.3) is 0 Å². The predicted molar refractivity (Wildman–Crippen MR) is 65.9 cm³/mol. The molecule has 0 fully saturated rings. The van der Waals surface area contributed by atoms with Crippen LogP contribution in [0.15, 0.2) is 30.6 Å². The number of imidazole rings is 1. The van der Waals surface area contributed by atoms with Gasteiger partial charge < -0.3 is 16.0 Å². The SMILES string of the molecule is NC(=O)c1cc(NCc2ncc[nH]2)ccc1Cl. The van der Waals surface area contributed by atoms with Gasteiger partial charge in [-0.3, -0.25) is 4.79 Å². The number of carbonyl (C=O) groups is 1. The zero-order valence-corrected chi connectivity index (χ0v) is 9.66. The summed E-state index contributed by atoms with van der Waals surface area (Å²) in [4.78, 5) is 18.1. The molecule has 0 bridgehead atoms. The van der Waals surface area contributed by atoms with Crippen molar-refractivity contribution in [3.8, 4) is 0 Å². The first kappa shape index (κ1) is 11.5. The molecule has 0 radical (unpaired) electrons. The Labute approximate surface area is 103 Å². The third-order valence-electron chi connectivity index (χ3n) is 2.25. The second kappa shape index (κ2) is 4.88. The minimum absolute atomic E-state index is 0.302. The highest BCUT2D eigenvalue weighted by atomic mass is 35.5. The maximum atomic E-state index is 11.1. The monoisotopic (exact) mass is 250 g/mol. The summed E-state index contributed by atoms with van der Waals surface area (Å²) in [6, 6.07) is 5.03. The van der Waals surface area contributed by atoms with Gasteiger partial charge in [0.25, 0.3) is 0 Å². The van der Waals surface area contributed by atoms with Gasteiger partial charge in [0, 0.05) is 18.1 Å². The van der Waals surface area contributed by atoms with E-state index in [9.17, 15) is 4.79 Å². The number of rotatable bonds is 4. The van der Waals surface area contributed by atoms with Crippen molar-refractivity contribution in [2.24, 2.45) is 5.73 Å². The molecule has 0 aliphatic heterocycles. The van der Waals surface area contributed by atoms with Crippen LogP contribution in [0.4, 0.5) is 5.69 Å². The molecule has 0 saturated carbocycles. The minimum Gasteiger partial charge on any atom is -0.378 e. The van der Waals surface area contributed by atoms with Gasteiger partial charge in [0.2, 0.25) is 5.91 Å². The Balaban J connectivity index is 2.11. The van der Waals surface area contributed by atoms with Crippen LogP contribution >= 0.6 is 11.6 Å². The molecule has 2 rings (SSSR count). The van der Waals surface area contributed by atoms with E-state index in [0.717, 1.165) is 11.5 Å². The van der Waals surface area contributed by atoms with Crippen LogP contribution in [-0.2, 0) is 6.54 Å². The van der Waals surface area contributed by atoms with E-state index in [-0.39, 0.29) is 0 Å². The molecule has 0 spiro atoms. The molecule has 1 aromatic carbocycles. The van der Waals surface area contributed by atoms with Crippen LogP contribution in [0.5, 0.6) is 0 Å². The smallest absolute Gasteiger partial charge is 0.250 e. The molecule has 0 aliphatic carbocycles. The number of hydrogen-bond donors (Lipinski definition) is 3. The Bertz CT molecular complexity index is 524. The van der Waals surface area contributed by atoms with Crippen molar-refractivity contribution >= 4 is 23.2 Å². The maximum absolute atomic E-state index is 11.1. The second-order valence-corrected chi connectivity index (χ2v) is 3.86. The van der Waals surface area contributed by atoms with Gasteiger partial charge in [0.1, 0.15) is 5.82 Å². The molecule has 88 valence electrons. The number of anilines is 1. The van der Waals surface area contributed by atoms with Crippen molar-refractivity contribution in [1.82, 2.24) is 9.97 Å². The van der Waals surface area contributed by atoms with Crippen molar-refractivity contribution in [3.05, 3.63) is 47.0 Å². The zero-order valence-electron chi connectivity index (χ0n) is 8.90. The average Bonchev–Trinajstić information content (AvgIpc) is 2.80. The van der Waals surface area contributed by atoms with Gasteiger partial charge in [-0.05, 0) is 18.2 Å². The molecule has 6 heteroatoms. The van der Waals surface area contributed by atoms with E-state index in [4.69, 9.17) is 17.3 Å². The highest BCUT2D eigenvalue weighted by Gasteiger charge is 2.07. The number of aromatic nitrogens is 2. The summed E-state index contributed by atoms with van der Waals surface area (Å²) in [5, 5.41) is 3.46. The molecule has 1 amide bonds. The van der Waals surface area contributed by atoms with Crippen molar-refractivity contribution in [1.29, 1.82) is 0 Å². The number of aromatic amines is 1. The van der Waals surface area contributed by atoms with Gasteiger partial charge in [-0.1, -0.05) is 11.6 Å². The van der Waals surface area contributed by atoms with E-state index in [1.54, 1.807) is 30.6 Å². The van der Waals surface area contributed by atoms with Crippen LogP contribution in [0.3, 0.4) is 0 Å². The lowest BCUT2D eigenvalue weighted by Gasteiger charge is -2.07. The van der Waals surface area contributed by atoms with Crippen LogP contribution in [0.2, 0.25) is 5.02 Å². The molecule has 1 heterocycles. The Morgan fingerprint density at radius 3 is 3.00 bits per heavy atom. The summed E-state index contributed by atoms with van der Waals surface area (Å²) in [6.07, 6.45) is 3.42. The molecule has 2 aromatic rings. The van der Waals surface area contributed by atoms with E-state index in [1.807, 2.05) is 0 Å². The number of carbonyl (C=O) groups excluding carboxylic acids is 1. The fourth-order valence-corrected chi connectivity index (χ4v) is 1.62. The fraction of sp³-hybridized carbons (Fsp3) is 0.0909. The molecule has 0 saturated heterocycles. The lowest BCUT2D eigenvalue weighted by Crippen LogP contribution is -2.12. The normalized spacial score (nSPS) is 10.2. The first-order valence-electron chi connectivity index (χ1n) is 4.98. The van der Waals surface area contributed by atoms with Crippen LogP contribution in [0, 0.1) is 0 Å². The first-order valence-corrected chi connectivity index (χ1v) is 5.36. The molecule has 17 heavy (non-hydrogen) atoms. The van der Waals surface area contributed by atoms with Crippen molar-refractivity contribution < 1.29 is 4.79 Å². The summed E-state index contributed by atoms with van der Waals surface area (Å²) < 4.78 is 0.